The van der Waals surface area contributed by atoms with Crippen molar-refractivity contribution in [3.63, 3.8) is 0 Å². The molecule has 0 atom stereocenters. The minimum atomic E-state index is -2.92. The fourth-order valence-corrected chi connectivity index (χ4v) is 3.58. The van der Waals surface area contributed by atoms with Gasteiger partial charge in [-0.25, -0.2) is 0 Å². The van der Waals surface area contributed by atoms with Gasteiger partial charge in [0.25, 0.3) is 17.1 Å². The molecule has 3 rings (SSSR count). The maximum Gasteiger partial charge on any atom is 0.387 e. The van der Waals surface area contributed by atoms with Gasteiger partial charge in [-0.1, -0.05) is 12.1 Å². The highest BCUT2D eigenvalue weighted by molar-refractivity contribution is 8.18. The number of imide groups is 1. The summed E-state index contributed by atoms with van der Waals surface area (Å²) in [5.41, 5.74) is 0.981. The molecule has 162 valence electrons. The second-order valence-corrected chi connectivity index (χ2v) is 7.26. The smallest absolute Gasteiger partial charge is 0.387 e. The molecule has 1 heterocycles. The van der Waals surface area contributed by atoms with Crippen LogP contribution in [0.2, 0.25) is 0 Å². The van der Waals surface area contributed by atoms with Crippen molar-refractivity contribution in [1.29, 1.82) is 0 Å². The molecule has 10 heteroatoms. The first-order valence-electron chi connectivity index (χ1n) is 9.10. The zero-order valence-electron chi connectivity index (χ0n) is 16.3. The van der Waals surface area contributed by atoms with Crippen LogP contribution in [0.5, 0.6) is 11.5 Å². The highest BCUT2D eigenvalue weighted by atomic mass is 32.2. The maximum atomic E-state index is 12.5. The number of nitrogens with zero attached hydrogens (tertiary/aromatic N) is 1. The molecule has 7 nitrogen and oxygen atoms in total. The number of rotatable bonds is 8. The fourth-order valence-electron chi connectivity index (χ4n) is 2.72. The Morgan fingerprint density at radius 3 is 2.35 bits per heavy atom. The molecule has 0 aliphatic carbocycles. The van der Waals surface area contributed by atoms with Crippen LogP contribution >= 0.6 is 11.8 Å². The summed E-state index contributed by atoms with van der Waals surface area (Å²) in [6, 6.07) is 12.2. The molecule has 1 saturated heterocycles. The molecule has 3 amide bonds. The van der Waals surface area contributed by atoms with Gasteiger partial charge in [-0.05, 0) is 59.8 Å². The van der Waals surface area contributed by atoms with Gasteiger partial charge in [0.05, 0.1) is 12.0 Å². The molecule has 0 unspecified atom stereocenters. The van der Waals surface area contributed by atoms with Gasteiger partial charge >= 0.3 is 6.61 Å². The van der Waals surface area contributed by atoms with Crippen molar-refractivity contribution >= 4 is 34.9 Å². The van der Waals surface area contributed by atoms with Crippen LogP contribution in [-0.4, -0.2) is 48.8 Å². The van der Waals surface area contributed by atoms with E-state index in [1.54, 1.807) is 24.3 Å². The van der Waals surface area contributed by atoms with Crippen LogP contribution in [0.25, 0.3) is 6.08 Å². The van der Waals surface area contributed by atoms with Crippen LogP contribution in [0.1, 0.15) is 15.9 Å². The lowest BCUT2D eigenvalue weighted by Crippen LogP contribution is -2.37. The van der Waals surface area contributed by atoms with E-state index >= 15 is 0 Å². The highest BCUT2D eigenvalue weighted by Gasteiger charge is 2.34. The van der Waals surface area contributed by atoms with Gasteiger partial charge in [0, 0.05) is 18.7 Å². The lowest BCUT2D eigenvalue weighted by molar-refractivity contribution is -0.122. The van der Waals surface area contributed by atoms with Crippen molar-refractivity contribution in [2.75, 3.05) is 20.2 Å². The van der Waals surface area contributed by atoms with Gasteiger partial charge in [0.1, 0.15) is 11.5 Å². The van der Waals surface area contributed by atoms with E-state index in [-0.39, 0.29) is 29.7 Å². The number of carbonyl (C=O) groups excluding carboxylic acids is 3. The van der Waals surface area contributed by atoms with Crippen molar-refractivity contribution in [1.82, 2.24) is 10.2 Å². The molecule has 0 spiro atoms. The average molecular weight is 448 g/mol. The van der Waals surface area contributed by atoms with Crippen molar-refractivity contribution in [3.05, 3.63) is 64.6 Å². The largest absolute Gasteiger partial charge is 0.497 e. The molecule has 1 fully saturated rings. The maximum absolute atomic E-state index is 12.5. The van der Waals surface area contributed by atoms with Crippen molar-refractivity contribution in [2.24, 2.45) is 0 Å². The van der Waals surface area contributed by atoms with Gasteiger partial charge in [-0.15, -0.1) is 0 Å². The second-order valence-electron chi connectivity index (χ2n) is 6.27. The van der Waals surface area contributed by atoms with Gasteiger partial charge in [-0.3, -0.25) is 19.3 Å². The monoisotopic (exact) mass is 448 g/mol. The molecule has 31 heavy (non-hydrogen) atoms. The number of hydrogen-bond acceptors (Lipinski definition) is 6. The average Bonchev–Trinajstić information content (AvgIpc) is 3.02. The number of carbonyl (C=O) groups is 3. The molecule has 1 aliphatic rings. The van der Waals surface area contributed by atoms with E-state index in [9.17, 15) is 23.2 Å². The normalized spacial score (nSPS) is 15.0. The number of hydrogen-bond donors (Lipinski definition) is 1. The predicted molar refractivity (Wildman–Crippen MR) is 111 cm³/mol. The van der Waals surface area contributed by atoms with Crippen LogP contribution in [0.15, 0.2) is 53.4 Å². The lowest BCUT2D eigenvalue weighted by Gasteiger charge is -2.13. The number of halogens is 2. The van der Waals surface area contributed by atoms with Crippen LogP contribution < -0.4 is 14.8 Å². The van der Waals surface area contributed by atoms with E-state index in [1.165, 1.54) is 37.5 Å². The first-order valence-corrected chi connectivity index (χ1v) is 9.91. The molecule has 1 aliphatic heterocycles. The van der Waals surface area contributed by atoms with Gasteiger partial charge < -0.3 is 14.8 Å². The quantitative estimate of drug-likeness (QED) is 0.619. The first kappa shape index (κ1) is 22.3. The SMILES string of the molecule is COc1ccc(C(=O)NCCN2C(=O)S/C(=C\c3ccc(OC(F)F)cc3)C2=O)cc1. The number of thioether (sulfide) groups is 1. The molecule has 0 aromatic heterocycles. The Morgan fingerprint density at radius 2 is 1.74 bits per heavy atom. The predicted octanol–water partition coefficient (Wildman–Crippen LogP) is 3.76. The Labute approximate surface area is 181 Å². The first-order chi connectivity index (χ1) is 14.9. The fraction of sp³-hybridized carbons (Fsp3) is 0.190. The third kappa shape index (κ3) is 5.82. The topological polar surface area (TPSA) is 84.9 Å². The summed E-state index contributed by atoms with van der Waals surface area (Å²) in [5.74, 6) is -0.205. The van der Waals surface area contributed by atoms with Crippen molar-refractivity contribution < 1.29 is 32.6 Å². The van der Waals surface area contributed by atoms with Crippen molar-refractivity contribution in [2.45, 2.75) is 6.61 Å². The van der Waals surface area contributed by atoms with E-state index in [0.717, 1.165) is 16.7 Å². The lowest BCUT2D eigenvalue weighted by atomic mass is 10.2. The Hall–Kier alpha value is -3.40. The van der Waals surface area contributed by atoms with Crippen LogP contribution in [0.4, 0.5) is 13.6 Å². The summed E-state index contributed by atoms with van der Waals surface area (Å²) in [6.45, 7) is -2.81. The number of nitrogens with one attached hydrogen (secondary N) is 1. The van der Waals surface area contributed by atoms with Crippen LogP contribution in [0, 0.1) is 0 Å². The molecule has 0 bridgehead atoms. The molecular weight excluding hydrogens is 430 g/mol. The number of methoxy groups -OCH3 is 1. The molecule has 2 aromatic rings. The van der Waals surface area contributed by atoms with E-state index < -0.39 is 17.8 Å². The van der Waals surface area contributed by atoms with Crippen molar-refractivity contribution in [3.8, 4) is 11.5 Å². The summed E-state index contributed by atoms with van der Waals surface area (Å²) in [7, 11) is 1.52. The summed E-state index contributed by atoms with van der Waals surface area (Å²) in [4.78, 5) is 38.1. The van der Waals surface area contributed by atoms with Gasteiger partial charge in [0.15, 0.2) is 0 Å². The third-order valence-electron chi connectivity index (χ3n) is 4.25. The third-order valence-corrected chi connectivity index (χ3v) is 5.16. The highest BCUT2D eigenvalue weighted by Crippen LogP contribution is 2.32. The van der Waals surface area contributed by atoms with Gasteiger partial charge in [-0.2, -0.15) is 8.78 Å². The van der Waals surface area contributed by atoms with Crippen LogP contribution in [0.3, 0.4) is 0 Å². The summed E-state index contributed by atoms with van der Waals surface area (Å²) in [6.07, 6.45) is 1.49. The zero-order chi connectivity index (χ0) is 22.4. The Morgan fingerprint density at radius 1 is 1.10 bits per heavy atom. The molecule has 0 saturated carbocycles. The summed E-state index contributed by atoms with van der Waals surface area (Å²) < 4.78 is 33.7. The zero-order valence-corrected chi connectivity index (χ0v) is 17.2. The number of amides is 3. The number of benzene rings is 2. The van der Waals surface area contributed by atoms with E-state index in [0.29, 0.717) is 16.9 Å². The molecular formula is C21H18F2N2O5S. The van der Waals surface area contributed by atoms with Crippen LogP contribution in [-0.2, 0) is 4.79 Å². The Balaban J connectivity index is 1.56. The van der Waals surface area contributed by atoms with Gasteiger partial charge in [0.2, 0.25) is 0 Å². The molecule has 0 radical (unpaired) electrons. The minimum absolute atomic E-state index is 0.00661. The Kier molecular flexibility index (Phi) is 7.24. The summed E-state index contributed by atoms with van der Waals surface area (Å²) in [5, 5.41) is 2.21. The van der Waals surface area contributed by atoms with E-state index in [1.807, 2.05) is 0 Å². The molecule has 2 aromatic carbocycles. The minimum Gasteiger partial charge on any atom is -0.497 e. The standard InChI is InChI=1S/C21H18F2N2O5S/c1-29-15-8-4-14(5-9-15)18(26)24-10-11-25-19(27)17(31-21(25)28)12-13-2-6-16(7-3-13)30-20(22)23/h2-9,12,20H,10-11H2,1H3,(H,24,26)/b17-12-. The summed E-state index contributed by atoms with van der Waals surface area (Å²) >= 11 is 0.771. The Bertz CT molecular complexity index is 994. The number of ether oxygens (including phenoxy) is 2. The number of alkyl halides is 2. The van der Waals surface area contributed by atoms with E-state index in [2.05, 4.69) is 10.1 Å². The molecule has 1 N–H and O–H groups in total. The second kappa shape index (κ2) is 10.1. The van der Waals surface area contributed by atoms with E-state index in [4.69, 9.17) is 4.74 Å².